The van der Waals surface area contributed by atoms with Crippen LogP contribution in [0.4, 0.5) is 5.69 Å². The van der Waals surface area contributed by atoms with Gasteiger partial charge in [-0.05, 0) is 39.0 Å². The van der Waals surface area contributed by atoms with Gasteiger partial charge in [-0.2, -0.15) is 0 Å². The number of carbonyl (C=O) groups is 1. The lowest BCUT2D eigenvalue weighted by Crippen LogP contribution is -2.24. The topological polar surface area (TPSA) is 47.6 Å². The van der Waals surface area contributed by atoms with Crippen molar-refractivity contribution in [3.63, 3.8) is 0 Å². The molecule has 2 rings (SSSR count). The Balaban J connectivity index is 2.19. The van der Waals surface area contributed by atoms with Crippen LogP contribution in [-0.2, 0) is 4.74 Å². The average molecular weight is 235 g/mol. The van der Waals surface area contributed by atoms with Crippen molar-refractivity contribution in [1.82, 2.24) is 0 Å². The summed E-state index contributed by atoms with van der Waals surface area (Å²) >= 11 is 0. The van der Waals surface area contributed by atoms with Crippen molar-refractivity contribution >= 4 is 11.7 Å². The van der Waals surface area contributed by atoms with E-state index in [9.17, 15) is 4.79 Å². The van der Waals surface area contributed by atoms with Crippen molar-refractivity contribution in [2.45, 2.75) is 26.4 Å². The molecule has 0 spiro atoms. The fraction of sp³-hybridized carbons (Fsp3) is 0.462. The van der Waals surface area contributed by atoms with Crippen molar-refractivity contribution in [3.05, 3.63) is 23.8 Å². The van der Waals surface area contributed by atoms with E-state index in [1.807, 2.05) is 20.8 Å². The van der Waals surface area contributed by atoms with Crippen molar-refractivity contribution < 1.29 is 14.3 Å². The molecule has 17 heavy (non-hydrogen) atoms. The third-order valence-corrected chi connectivity index (χ3v) is 2.29. The van der Waals surface area contributed by atoms with Crippen LogP contribution in [0.25, 0.3) is 0 Å². The molecular weight excluding hydrogens is 218 g/mol. The lowest BCUT2D eigenvalue weighted by Gasteiger charge is -2.22. The largest absolute Gasteiger partial charge is 0.490 e. The summed E-state index contributed by atoms with van der Waals surface area (Å²) in [6.07, 6.45) is 0. The highest BCUT2D eigenvalue weighted by Crippen LogP contribution is 2.28. The lowest BCUT2D eigenvalue weighted by atomic mass is 10.1. The standard InChI is InChI=1S/C13H17NO3/c1-13(2,3)17-12(15)9-4-5-11-10(8-9)14-6-7-16-11/h4-5,8,14H,6-7H2,1-3H3. The van der Waals surface area contributed by atoms with Crippen LogP contribution < -0.4 is 10.1 Å². The second kappa shape index (κ2) is 4.28. The van der Waals surface area contributed by atoms with Gasteiger partial charge in [0.15, 0.2) is 0 Å². The zero-order valence-corrected chi connectivity index (χ0v) is 10.4. The van der Waals surface area contributed by atoms with E-state index in [0.717, 1.165) is 18.0 Å². The summed E-state index contributed by atoms with van der Waals surface area (Å²) in [6, 6.07) is 5.28. The number of rotatable bonds is 1. The van der Waals surface area contributed by atoms with E-state index < -0.39 is 5.60 Å². The monoisotopic (exact) mass is 235 g/mol. The Morgan fingerprint density at radius 1 is 1.41 bits per heavy atom. The molecule has 4 heteroatoms. The predicted octanol–water partition coefficient (Wildman–Crippen LogP) is 2.45. The fourth-order valence-corrected chi connectivity index (χ4v) is 1.60. The summed E-state index contributed by atoms with van der Waals surface area (Å²) in [4.78, 5) is 11.9. The molecule has 1 aliphatic heterocycles. The van der Waals surface area contributed by atoms with Crippen LogP contribution in [0.1, 0.15) is 31.1 Å². The van der Waals surface area contributed by atoms with Crippen molar-refractivity contribution in [2.24, 2.45) is 0 Å². The molecule has 1 aromatic rings. The number of carbonyl (C=O) groups excluding carboxylic acids is 1. The molecule has 92 valence electrons. The lowest BCUT2D eigenvalue weighted by molar-refractivity contribution is 0.00696. The van der Waals surface area contributed by atoms with E-state index in [-0.39, 0.29) is 5.97 Å². The van der Waals surface area contributed by atoms with E-state index in [2.05, 4.69) is 5.32 Å². The van der Waals surface area contributed by atoms with Crippen molar-refractivity contribution in [2.75, 3.05) is 18.5 Å². The first-order chi connectivity index (χ1) is 7.96. The minimum Gasteiger partial charge on any atom is -0.490 e. The van der Waals surface area contributed by atoms with E-state index in [1.165, 1.54) is 0 Å². The Morgan fingerprint density at radius 2 is 2.18 bits per heavy atom. The number of benzene rings is 1. The zero-order chi connectivity index (χ0) is 12.5. The average Bonchev–Trinajstić information content (AvgIpc) is 2.26. The molecule has 0 atom stereocenters. The molecular formula is C13H17NO3. The summed E-state index contributed by atoms with van der Waals surface area (Å²) in [5.74, 6) is 0.469. The molecule has 0 saturated heterocycles. The van der Waals surface area contributed by atoms with Crippen LogP contribution in [0, 0.1) is 0 Å². The fourth-order valence-electron chi connectivity index (χ4n) is 1.60. The molecule has 1 N–H and O–H groups in total. The Bertz CT molecular complexity index is 435. The molecule has 1 aliphatic rings. The zero-order valence-electron chi connectivity index (χ0n) is 10.4. The van der Waals surface area contributed by atoms with Gasteiger partial charge >= 0.3 is 5.97 Å². The summed E-state index contributed by atoms with van der Waals surface area (Å²) in [6.45, 7) is 6.96. The predicted molar refractivity (Wildman–Crippen MR) is 65.6 cm³/mol. The third kappa shape index (κ3) is 2.90. The maximum atomic E-state index is 11.9. The second-order valence-electron chi connectivity index (χ2n) is 4.99. The minimum atomic E-state index is -0.475. The number of anilines is 1. The number of esters is 1. The van der Waals surface area contributed by atoms with Gasteiger partial charge in [-0.1, -0.05) is 0 Å². The van der Waals surface area contributed by atoms with Crippen LogP contribution in [0.5, 0.6) is 5.75 Å². The van der Waals surface area contributed by atoms with Gasteiger partial charge in [0.1, 0.15) is 18.0 Å². The van der Waals surface area contributed by atoms with Gasteiger partial charge in [0, 0.05) is 6.54 Å². The minimum absolute atomic E-state index is 0.312. The number of nitrogens with one attached hydrogen (secondary N) is 1. The molecule has 1 aromatic carbocycles. The summed E-state index contributed by atoms with van der Waals surface area (Å²) in [5.41, 5.74) is 0.910. The summed E-state index contributed by atoms with van der Waals surface area (Å²) < 4.78 is 10.8. The Kier molecular flexibility index (Phi) is 2.96. The molecule has 0 bridgehead atoms. The second-order valence-corrected chi connectivity index (χ2v) is 4.99. The highest BCUT2D eigenvalue weighted by atomic mass is 16.6. The first kappa shape index (κ1) is 11.8. The van der Waals surface area contributed by atoms with E-state index in [4.69, 9.17) is 9.47 Å². The Morgan fingerprint density at radius 3 is 2.88 bits per heavy atom. The van der Waals surface area contributed by atoms with E-state index in [1.54, 1.807) is 18.2 Å². The normalized spacial score (nSPS) is 14.3. The maximum absolute atomic E-state index is 11.9. The summed E-state index contributed by atoms with van der Waals surface area (Å²) in [7, 11) is 0. The van der Waals surface area contributed by atoms with Crippen LogP contribution >= 0.6 is 0 Å². The molecule has 0 radical (unpaired) electrons. The van der Waals surface area contributed by atoms with E-state index in [0.29, 0.717) is 12.2 Å². The smallest absolute Gasteiger partial charge is 0.338 e. The molecule has 0 fully saturated rings. The van der Waals surface area contributed by atoms with Gasteiger partial charge in [-0.3, -0.25) is 0 Å². The highest BCUT2D eigenvalue weighted by Gasteiger charge is 2.19. The van der Waals surface area contributed by atoms with Gasteiger partial charge in [0.2, 0.25) is 0 Å². The molecule has 0 unspecified atom stereocenters. The first-order valence-electron chi connectivity index (χ1n) is 5.70. The van der Waals surface area contributed by atoms with Crippen molar-refractivity contribution in [3.8, 4) is 5.75 Å². The van der Waals surface area contributed by atoms with Crippen LogP contribution in [0.3, 0.4) is 0 Å². The maximum Gasteiger partial charge on any atom is 0.338 e. The molecule has 0 saturated carbocycles. The summed E-state index contributed by atoms with van der Waals surface area (Å²) in [5, 5.41) is 3.19. The molecule has 4 nitrogen and oxygen atoms in total. The van der Waals surface area contributed by atoms with Crippen LogP contribution in [-0.4, -0.2) is 24.7 Å². The Hall–Kier alpha value is -1.71. The van der Waals surface area contributed by atoms with Gasteiger partial charge in [0.05, 0.1) is 11.3 Å². The van der Waals surface area contributed by atoms with Crippen LogP contribution in [0.2, 0.25) is 0 Å². The van der Waals surface area contributed by atoms with Gasteiger partial charge in [0.25, 0.3) is 0 Å². The number of hydrogen-bond donors (Lipinski definition) is 1. The molecule has 0 amide bonds. The SMILES string of the molecule is CC(C)(C)OC(=O)c1ccc2c(c1)NCCO2. The van der Waals surface area contributed by atoms with Gasteiger partial charge in [-0.25, -0.2) is 4.79 Å². The molecule has 0 aliphatic carbocycles. The number of ether oxygens (including phenoxy) is 2. The first-order valence-corrected chi connectivity index (χ1v) is 5.70. The Labute approximate surface area is 101 Å². The highest BCUT2D eigenvalue weighted by molar-refractivity contribution is 5.91. The number of fused-ring (bicyclic) bond motifs is 1. The molecule has 1 heterocycles. The van der Waals surface area contributed by atoms with E-state index >= 15 is 0 Å². The van der Waals surface area contributed by atoms with Gasteiger partial charge in [-0.15, -0.1) is 0 Å². The van der Waals surface area contributed by atoms with Gasteiger partial charge < -0.3 is 14.8 Å². The van der Waals surface area contributed by atoms with Crippen molar-refractivity contribution in [1.29, 1.82) is 0 Å². The third-order valence-electron chi connectivity index (χ3n) is 2.29. The quantitative estimate of drug-likeness (QED) is 0.759. The molecule has 0 aromatic heterocycles. The van der Waals surface area contributed by atoms with Crippen LogP contribution in [0.15, 0.2) is 18.2 Å². The number of hydrogen-bond acceptors (Lipinski definition) is 4.